The molecule has 3 N–H and O–H groups in total. The zero-order chi connectivity index (χ0) is 13.9. The Bertz CT molecular complexity index is 595. The van der Waals surface area contributed by atoms with Crippen LogP contribution in [0.3, 0.4) is 0 Å². The maximum atomic E-state index is 11.1. The smallest absolute Gasteiger partial charge is 0.231 e. The van der Waals surface area contributed by atoms with Crippen molar-refractivity contribution in [3.63, 3.8) is 0 Å². The van der Waals surface area contributed by atoms with Crippen LogP contribution in [0.5, 0.6) is 0 Å². The van der Waals surface area contributed by atoms with Crippen molar-refractivity contribution in [2.24, 2.45) is 5.73 Å². The summed E-state index contributed by atoms with van der Waals surface area (Å²) in [6, 6.07) is 9.93. The highest BCUT2D eigenvalue weighted by Gasteiger charge is 2.29. The molecule has 0 saturated carbocycles. The number of rotatable bonds is 4. The normalized spacial score (nSPS) is 19.3. The van der Waals surface area contributed by atoms with Gasteiger partial charge in [0.05, 0.1) is 12.6 Å². The van der Waals surface area contributed by atoms with E-state index in [4.69, 9.17) is 5.73 Å². The van der Waals surface area contributed by atoms with Gasteiger partial charge in [0, 0.05) is 5.56 Å². The van der Waals surface area contributed by atoms with E-state index in [9.17, 15) is 4.79 Å². The van der Waals surface area contributed by atoms with Gasteiger partial charge in [0.15, 0.2) is 5.82 Å². The van der Waals surface area contributed by atoms with Gasteiger partial charge in [-0.1, -0.05) is 30.3 Å². The molecule has 1 aliphatic rings. The number of hydrogen-bond acceptors (Lipinski definition) is 4. The number of nitrogens with one attached hydrogen (secondary N) is 1. The zero-order valence-corrected chi connectivity index (χ0v) is 11.1. The average molecular weight is 271 g/mol. The van der Waals surface area contributed by atoms with Crippen LogP contribution in [0.1, 0.15) is 24.7 Å². The molecule has 6 heteroatoms. The van der Waals surface area contributed by atoms with Crippen LogP contribution < -0.4 is 5.73 Å². The van der Waals surface area contributed by atoms with Crippen LogP contribution in [0, 0.1) is 0 Å². The molecule has 1 aromatic heterocycles. The van der Waals surface area contributed by atoms with Gasteiger partial charge in [0.25, 0.3) is 0 Å². The summed E-state index contributed by atoms with van der Waals surface area (Å²) in [6.07, 6.45) is 2.01. The fourth-order valence-corrected chi connectivity index (χ4v) is 2.66. The van der Waals surface area contributed by atoms with Crippen molar-refractivity contribution < 1.29 is 4.79 Å². The number of nitrogens with two attached hydrogens (primary N) is 1. The number of aromatic amines is 1. The lowest BCUT2D eigenvalue weighted by molar-refractivity contribution is -0.119. The van der Waals surface area contributed by atoms with Gasteiger partial charge in [-0.15, -0.1) is 0 Å². The van der Waals surface area contributed by atoms with Crippen molar-refractivity contribution in [1.82, 2.24) is 20.1 Å². The van der Waals surface area contributed by atoms with E-state index >= 15 is 0 Å². The summed E-state index contributed by atoms with van der Waals surface area (Å²) in [7, 11) is 0. The van der Waals surface area contributed by atoms with Crippen molar-refractivity contribution in [1.29, 1.82) is 0 Å². The highest BCUT2D eigenvalue weighted by molar-refractivity contribution is 5.76. The number of carbonyl (C=O) groups is 1. The van der Waals surface area contributed by atoms with E-state index in [2.05, 4.69) is 20.1 Å². The molecule has 104 valence electrons. The summed E-state index contributed by atoms with van der Waals surface area (Å²) < 4.78 is 0. The SMILES string of the molecule is NC(=O)CN1CCC[C@H]1c1nc(-c2ccccc2)n[nH]1. The highest BCUT2D eigenvalue weighted by atomic mass is 16.1. The molecule has 0 radical (unpaired) electrons. The van der Waals surface area contributed by atoms with Crippen LogP contribution in [0.2, 0.25) is 0 Å². The summed E-state index contributed by atoms with van der Waals surface area (Å²) in [4.78, 5) is 17.7. The van der Waals surface area contributed by atoms with Crippen molar-refractivity contribution in [3.05, 3.63) is 36.2 Å². The molecular weight excluding hydrogens is 254 g/mol. The maximum absolute atomic E-state index is 11.1. The second kappa shape index (κ2) is 5.42. The molecule has 2 aromatic rings. The molecular formula is C14H17N5O. The van der Waals surface area contributed by atoms with E-state index < -0.39 is 0 Å². The lowest BCUT2D eigenvalue weighted by Crippen LogP contribution is -2.33. The van der Waals surface area contributed by atoms with Gasteiger partial charge in [0.1, 0.15) is 5.82 Å². The Morgan fingerprint density at radius 1 is 1.40 bits per heavy atom. The Morgan fingerprint density at radius 3 is 2.95 bits per heavy atom. The Balaban J connectivity index is 1.81. The number of primary amides is 1. The molecule has 1 amide bonds. The van der Waals surface area contributed by atoms with E-state index in [0.717, 1.165) is 30.8 Å². The van der Waals surface area contributed by atoms with E-state index in [0.29, 0.717) is 5.82 Å². The average Bonchev–Trinajstić information content (AvgIpc) is 3.07. The number of nitrogens with zero attached hydrogens (tertiary/aromatic N) is 3. The predicted molar refractivity (Wildman–Crippen MR) is 74.6 cm³/mol. The topological polar surface area (TPSA) is 87.9 Å². The first-order valence-electron chi connectivity index (χ1n) is 6.74. The van der Waals surface area contributed by atoms with Gasteiger partial charge in [0.2, 0.25) is 5.91 Å². The minimum atomic E-state index is -0.306. The highest BCUT2D eigenvalue weighted by Crippen LogP contribution is 2.30. The van der Waals surface area contributed by atoms with Gasteiger partial charge in [-0.3, -0.25) is 14.8 Å². The molecule has 1 aliphatic heterocycles. The van der Waals surface area contributed by atoms with Gasteiger partial charge in [-0.2, -0.15) is 5.10 Å². The number of benzene rings is 1. The second-order valence-corrected chi connectivity index (χ2v) is 5.01. The molecule has 20 heavy (non-hydrogen) atoms. The summed E-state index contributed by atoms with van der Waals surface area (Å²) in [5.41, 5.74) is 6.26. The van der Waals surface area contributed by atoms with E-state index in [-0.39, 0.29) is 18.5 Å². The lowest BCUT2D eigenvalue weighted by Gasteiger charge is -2.20. The van der Waals surface area contributed by atoms with E-state index in [1.165, 1.54) is 0 Å². The van der Waals surface area contributed by atoms with E-state index in [1.54, 1.807) is 0 Å². The summed E-state index contributed by atoms with van der Waals surface area (Å²) in [6.45, 7) is 1.14. The number of hydrogen-bond donors (Lipinski definition) is 2. The Kier molecular flexibility index (Phi) is 3.47. The lowest BCUT2D eigenvalue weighted by atomic mass is 10.2. The fourth-order valence-electron chi connectivity index (χ4n) is 2.66. The maximum Gasteiger partial charge on any atom is 0.231 e. The summed E-state index contributed by atoms with van der Waals surface area (Å²) in [5.74, 6) is 1.19. The van der Waals surface area contributed by atoms with Crippen molar-refractivity contribution in [3.8, 4) is 11.4 Å². The first-order chi connectivity index (χ1) is 9.74. The van der Waals surface area contributed by atoms with Crippen LogP contribution in [0.15, 0.2) is 30.3 Å². The number of H-pyrrole nitrogens is 1. The molecule has 0 spiro atoms. The van der Waals surface area contributed by atoms with E-state index in [1.807, 2.05) is 30.3 Å². The molecule has 3 rings (SSSR count). The molecule has 0 bridgehead atoms. The van der Waals surface area contributed by atoms with Crippen molar-refractivity contribution >= 4 is 5.91 Å². The largest absolute Gasteiger partial charge is 0.369 e. The third-order valence-corrected chi connectivity index (χ3v) is 3.57. The quantitative estimate of drug-likeness (QED) is 0.871. The van der Waals surface area contributed by atoms with Crippen LogP contribution in [0.4, 0.5) is 0 Å². The molecule has 0 aliphatic carbocycles. The van der Waals surface area contributed by atoms with Crippen LogP contribution >= 0.6 is 0 Å². The molecule has 1 fully saturated rings. The first kappa shape index (κ1) is 12.8. The van der Waals surface area contributed by atoms with Gasteiger partial charge in [-0.25, -0.2) is 4.98 Å². The number of likely N-dealkylation sites (tertiary alicyclic amines) is 1. The Labute approximate surface area is 117 Å². The first-order valence-corrected chi connectivity index (χ1v) is 6.74. The zero-order valence-electron chi connectivity index (χ0n) is 11.1. The third-order valence-electron chi connectivity index (χ3n) is 3.57. The number of carbonyl (C=O) groups excluding carboxylic acids is 1. The molecule has 6 nitrogen and oxygen atoms in total. The van der Waals surface area contributed by atoms with Crippen molar-refractivity contribution in [2.45, 2.75) is 18.9 Å². The minimum Gasteiger partial charge on any atom is -0.369 e. The fraction of sp³-hybridized carbons (Fsp3) is 0.357. The number of amides is 1. The minimum absolute atomic E-state index is 0.104. The predicted octanol–water partition coefficient (Wildman–Crippen LogP) is 1.09. The number of aromatic nitrogens is 3. The third kappa shape index (κ3) is 2.55. The van der Waals surface area contributed by atoms with Gasteiger partial charge >= 0.3 is 0 Å². The molecule has 2 heterocycles. The second-order valence-electron chi connectivity index (χ2n) is 5.01. The monoisotopic (exact) mass is 271 g/mol. The van der Waals surface area contributed by atoms with Crippen molar-refractivity contribution in [2.75, 3.05) is 13.1 Å². The van der Waals surface area contributed by atoms with Gasteiger partial charge < -0.3 is 5.73 Å². The molecule has 1 saturated heterocycles. The molecule has 1 aromatic carbocycles. The molecule has 0 unspecified atom stereocenters. The summed E-state index contributed by atoms with van der Waals surface area (Å²) in [5, 5.41) is 7.26. The standard InChI is InChI=1S/C14H17N5O/c15-12(20)9-19-8-4-7-11(19)14-16-13(17-18-14)10-5-2-1-3-6-10/h1-3,5-6,11H,4,7-9H2,(H2,15,20)(H,16,17,18)/t11-/m0/s1. The van der Waals surface area contributed by atoms with Crippen LogP contribution in [0.25, 0.3) is 11.4 Å². The van der Waals surface area contributed by atoms with Crippen LogP contribution in [-0.2, 0) is 4.79 Å². The Hall–Kier alpha value is -2.21. The summed E-state index contributed by atoms with van der Waals surface area (Å²) >= 11 is 0. The molecule has 1 atom stereocenters. The van der Waals surface area contributed by atoms with Gasteiger partial charge in [-0.05, 0) is 19.4 Å². The Morgan fingerprint density at radius 2 is 2.20 bits per heavy atom. The van der Waals surface area contributed by atoms with Crippen LogP contribution in [-0.4, -0.2) is 39.1 Å².